The van der Waals surface area contributed by atoms with Gasteiger partial charge in [0.2, 0.25) is 0 Å². The Bertz CT molecular complexity index is 823. The maximum absolute atomic E-state index is 13.0. The van der Waals surface area contributed by atoms with Gasteiger partial charge in [-0.1, -0.05) is 0 Å². The van der Waals surface area contributed by atoms with Crippen LogP contribution < -0.4 is 0 Å². The predicted molar refractivity (Wildman–Crippen MR) is 90.8 cm³/mol. The fraction of sp³-hybridized carbons (Fsp3) is 0.353. The molecule has 4 heterocycles. The average Bonchev–Trinajstić information content (AvgIpc) is 3.35. The number of hydrogen-bond acceptors (Lipinski definition) is 5. The van der Waals surface area contributed by atoms with E-state index in [1.165, 1.54) is 11.3 Å². The van der Waals surface area contributed by atoms with Gasteiger partial charge < -0.3 is 9.32 Å². The Hall–Kier alpha value is -2.41. The number of aromatic nitrogens is 3. The van der Waals surface area contributed by atoms with E-state index in [1.54, 1.807) is 12.5 Å². The van der Waals surface area contributed by atoms with Gasteiger partial charge in [-0.25, -0.2) is 4.98 Å². The second kappa shape index (κ2) is 6.24. The van der Waals surface area contributed by atoms with Crippen LogP contribution in [0.2, 0.25) is 0 Å². The summed E-state index contributed by atoms with van der Waals surface area (Å²) in [5, 5.41) is 5.01. The molecule has 1 saturated heterocycles. The SMILES string of the molecule is Cc1sc(-c2ccco2)nc1C(=O)N1CCC[C@H]1Cn1cccn1. The summed E-state index contributed by atoms with van der Waals surface area (Å²) in [6.45, 7) is 3.45. The first-order valence-electron chi connectivity index (χ1n) is 8.02. The maximum atomic E-state index is 13.0. The summed E-state index contributed by atoms with van der Waals surface area (Å²) in [7, 11) is 0. The Balaban J connectivity index is 1.56. The summed E-state index contributed by atoms with van der Waals surface area (Å²) in [5.41, 5.74) is 0.541. The van der Waals surface area contributed by atoms with Crippen molar-refractivity contribution in [2.75, 3.05) is 6.54 Å². The third kappa shape index (κ3) is 2.75. The average molecular weight is 342 g/mol. The van der Waals surface area contributed by atoms with Gasteiger partial charge in [0.15, 0.2) is 10.8 Å². The fourth-order valence-corrected chi connectivity index (χ4v) is 4.03. The highest BCUT2D eigenvalue weighted by Crippen LogP contribution is 2.30. The Labute approximate surface area is 143 Å². The van der Waals surface area contributed by atoms with Crippen LogP contribution in [0.3, 0.4) is 0 Å². The van der Waals surface area contributed by atoms with Crippen molar-refractivity contribution in [1.29, 1.82) is 0 Å². The maximum Gasteiger partial charge on any atom is 0.273 e. The molecule has 24 heavy (non-hydrogen) atoms. The molecular formula is C17H18N4O2S. The largest absolute Gasteiger partial charge is 0.462 e. The summed E-state index contributed by atoms with van der Waals surface area (Å²) in [6.07, 6.45) is 7.34. The predicted octanol–water partition coefficient (Wildman–Crippen LogP) is 3.21. The van der Waals surface area contributed by atoms with E-state index >= 15 is 0 Å². The smallest absolute Gasteiger partial charge is 0.273 e. The third-order valence-corrected chi connectivity index (χ3v) is 5.31. The number of carbonyl (C=O) groups is 1. The second-order valence-electron chi connectivity index (χ2n) is 5.92. The Morgan fingerprint density at radius 1 is 1.46 bits per heavy atom. The quantitative estimate of drug-likeness (QED) is 0.730. The van der Waals surface area contributed by atoms with E-state index < -0.39 is 0 Å². The number of thiazole rings is 1. The molecule has 0 aromatic carbocycles. The lowest BCUT2D eigenvalue weighted by Gasteiger charge is -2.24. The van der Waals surface area contributed by atoms with E-state index in [2.05, 4.69) is 10.1 Å². The molecule has 0 unspecified atom stereocenters. The fourth-order valence-electron chi connectivity index (χ4n) is 3.15. The molecule has 1 aliphatic rings. The van der Waals surface area contributed by atoms with Gasteiger partial charge in [0, 0.05) is 23.8 Å². The van der Waals surface area contributed by atoms with E-state index in [-0.39, 0.29) is 11.9 Å². The molecule has 1 fully saturated rings. The third-order valence-electron chi connectivity index (χ3n) is 4.33. The minimum Gasteiger partial charge on any atom is -0.462 e. The zero-order valence-electron chi connectivity index (χ0n) is 13.4. The van der Waals surface area contributed by atoms with Crippen LogP contribution in [0.4, 0.5) is 0 Å². The van der Waals surface area contributed by atoms with Gasteiger partial charge in [-0.15, -0.1) is 11.3 Å². The van der Waals surface area contributed by atoms with Crippen molar-refractivity contribution in [2.45, 2.75) is 32.4 Å². The van der Waals surface area contributed by atoms with Gasteiger partial charge in [0.05, 0.1) is 18.8 Å². The molecule has 124 valence electrons. The number of amides is 1. The molecule has 3 aromatic heterocycles. The van der Waals surface area contributed by atoms with Gasteiger partial charge in [-0.3, -0.25) is 9.48 Å². The van der Waals surface area contributed by atoms with Gasteiger partial charge in [0.1, 0.15) is 5.69 Å². The highest BCUT2D eigenvalue weighted by atomic mass is 32.1. The topological polar surface area (TPSA) is 64.2 Å². The van der Waals surface area contributed by atoms with Gasteiger partial charge in [0.25, 0.3) is 5.91 Å². The molecule has 0 radical (unpaired) electrons. The van der Waals surface area contributed by atoms with Crippen molar-refractivity contribution in [3.05, 3.63) is 47.4 Å². The van der Waals surface area contributed by atoms with Crippen LogP contribution in [0.25, 0.3) is 10.8 Å². The highest BCUT2D eigenvalue weighted by molar-refractivity contribution is 7.15. The van der Waals surface area contributed by atoms with Gasteiger partial charge in [-0.2, -0.15) is 5.10 Å². The van der Waals surface area contributed by atoms with Gasteiger partial charge in [-0.05, 0) is 38.0 Å². The van der Waals surface area contributed by atoms with Crippen molar-refractivity contribution in [2.24, 2.45) is 0 Å². The lowest BCUT2D eigenvalue weighted by atomic mass is 10.2. The van der Waals surface area contributed by atoms with Crippen LogP contribution in [0, 0.1) is 6.92 Å². The van der Waals surface area contributed by atoms with Crippen LogP contribution in [-0.4, -0.2) is 38.2 Å². The normalized spacial score (nSPS) is 17.5. The zero-order valence-corrected chi connectivity index (χ0v) is 14.2. The summed E-state index contributed by atoms with van der Waals surface area (Å²) in [6, 6.07) is 5.77. The molecule has 1 aliphatic heterocycles. The highest BCUT2D eigenvalue weighted by Gasteiger charge is 2.32. The number of carbonyl (C=O) groups excluding carboxylic acids is 1. The van der Waals surface area contributed by atoms with Crippen molar-refractivity contribution < 1.29 is 9.21 Å². The van der Waals surface area contributed by atoms with Crippen LogP contribution in [0.15, 0.2) is 41.3 Å². The number of aryl methyl sites for hydroxylation is 1. The minimum absolute atomic E-state index is 0.0104. The summed E-state index contributed by atoms with van der Waals surface area (Å²) >= 11 is 1.50. The number of nitrogens with zero attached hydrogens (tertiary/aromatic N) is 4. The first-order chi connectivity index (χ1) is 11.7. The molecule has 0 aliphatic carbocycles. The van der Waals surface area contributed by atoms with E-state index in [0.717, 1.165) is 35.8 Å². The van der Waals surface area contributed by atoms with E-state index in [9.17, 15) is 4.79 Å². The molecule has 0 saturated carbocycles. The Kier molecular flexibility index (Phi) is 3.93. The number of rotatable bonds is 4. The van der Waals surface area contributed by atoms with E-state index in [1.807, 2.05) is 40.9 Å². The molecule has 1 atom stereocenters. The summed E-state index contributed by atoms with van der Waals surface area (Å²) in [4.78, 5) is 20.4. The van der Waals surface area contributed by atoms with E-state index in [0.29, 0.717) is 11.5 Å². The lowest BCUT2D eigenvalue weighted by molar-refractivity contribution is 0.0716. The lowest BCUT2D eigenvalue weighted by Crippen LogP contribution is -2.38. The minimum atomic E-state index is 0.0104. The van der Waals surface area contributed by atoms with Crippen molar-refractivity contribution in [1.82, 2.24) is 19.7 Å². The first-order valence-corrected chi connectivity index (χ1v) is 8.84. The Morgan fingerprint density at radius 2 is 2.38 bits per heavy atom. The Morgan fingerprint density at radius 3 is 3.12 bits per heavy atom. The van der Waals surface area contributed by atoms with Crippen LogP contribution in [0.1, 0.15) is 28.2 Å². The monoisotopic (exact) mass is 342 g/mol. The number of furan rings is 1. The van der Waals surface area contributed by atoms with Crippen LogP contribution in [0.5, 0.6) is 0 Å². The van der Waals surface area contributed by atoms with Crippen molar-refractivity contribution in [3.8, 4) is 10.8 Å². The molecule has 0 spiro atoms. The molecule has 7 heteroatoms. The van der Waals surface area contributed by atoms with Gasteiger partial charge >= 0.3 is 0 Å². The summed E-state index contributed by atoms with van der Waals surface area (Å²) in [5.74, 6) is 0.716. The van der Waals surface area contributed by atoms with Crippen LogP contribution >= 0.6 is 11.3 Å². The number of hydrogen-bond donors (Lipinski definition) is 0. The standard InChI is InChI=1S/C17H18N4O2S/c1-12-15(19-16(24-12)14-6-3-10-23-14)17(22)21-9-2-5-13(21)11-20-8-4-7-18-20/h3-4,6-8,10,13H,2,5,9,11H2,1H3/t13-/m0/s1. The summed E-state index contributed by atoms with van der Waals surface area (Å²) < 4.78 is 7.28. The first kappa shape index (κ1) is 15.1. The molecule has 0 N–H and O–H groups in total. The molecule has 3 aromatic rings. The number of likely N-dealkylation sites (tertiary alicyclic amines) is 1. The van der Waals surface area contributed by atoms with Crippen molar-refractivity contribution in [3.63, 3.8) is 0 Å². The van der Waals surface area contributed by atoms with Crippen molar-refractivity contribution >= 4 is 17.2 Å². The molecular weight excluding hydrogens is 324 g/mol. The zero-order chi connectivity index (χ0) is 16.5. The molecule has 0 bridgehead atoms. The van der Waals surface area contributed by atoms with Crippen LogP contribution in [-0.2, 0) is 6.54 Å². The molecule has 4 rings (SSSR count). The van der Waals surface area contributed by atoms with E-state index in [4.69, 9.17) is 4.42 Å². The molecule has 6 nitrogen and oxygen atoms in total. The molecule has 1 amide bonds. The second-order valence-corrected chi connectivity index (χ2v) is 7.13.